The molecule has 1 aromatic rings. The van der Waals surface area contributed by atoms with Gasteiger partial charge in [-0.1, -0.05) is 12.1 Å². The lowest BCUT2D eigenvalue weighted by Gasteiger charge is -2.31. The Bertz CT molecular complexity index is 472. The number of nitrogens with zero attached hydrogens (tertiary/aromatic N) is 2. The Morgan fingerprint density at radius 1 is 1.43 bits per heavy atom. The van der Waals surface area contributed by atoms with Gasteiger partial charge in [-0.3, -0.25) is 9.69 Å². The topological polar surface area (TPSA) is 49.6 Å². The summed E-state index contributed by atoms with van der Waals surface area (Å²) in [4.78, 5) is 16.3. The Morgan fingerprint density at radius 3 is 2.76 bits per heavy atom. The van der Waals surface area contributed by atoms with Crippen molar-refractivity contribution < 1.29 is 9.18 Å². The van der Waals surface area contributed by atoms with Crippen LogP contribution in [0.15, 0.2) is 24.3 Å². The van der Waals surface area contributed by atoms with Crippen molar-refractivity contribution in [1.29, 1.82) is 0 Å². The molecule has 2 rings (SSSR count). The highest BCUT2D eigenvalue weighted by atomic mass is 19.1. The van der Waals surface area contributed by atoms with Gasteiger partial charge in [0.15, 0.2) is 0 Å². The lowest BCUT2D eigenvalue weighted by atomic mass is 10.1. The van der Waals surface area contributed by atoms with Crippen LogP contribution in [-0.2, 0) is 11.3 Å². The summed E-state index contributed by atoms with van der Waals surface area (Å²) in [6.45, 7) is 5.22. The summed E-state index contributed by atoms with van der Waals surface area (Å²) in [6.07, 6.45) is 1.90. The molecule has 0 aromatic heterocycles. The molecule has 0 unspecified atom stereocenters. The largest absolute Gasteiger partial charge is 0.338 e. The van der Waals surface area contributed by atoms with E-state index in [1.54, 1.807) is 11.0 Å². The second-order valence-corrected chi connectivity index (χ2v) is 5.65. The third-order valence-corrected chi connectivity index (χ3v) is 3.99. The number of carbonyl (C=O) groups is 1. The number of hydrogen-bond donors (Lipinski definition) is 1. The van der Waals surface area contributed by atoms with Gasteiger partial charge in [0.1, 0.15) is 5.82 Å². The highest BCUT2D eigenvalue weighted by molar-refractivity contribution is 5.78. The predicted molar refractivity (Wildman–Crippen MR) is 81.1 cm³/mol. The molecule has 0 saturated carbocycles. The molecule has 5 heteroatoms. The fourth-order valence-corrected chi connectivity index (χ4v) is 2.63. The van der Waals surface area contributed by atoms with Gasteiger partial charge in [0, 0.05) is 32.2 Å². The van der Waals surface area contributed by atoms with Crippen molar-refractivity contribution >= 4 is 5.91 Å². The molecule has 1 fully saturated rings. The lowest BCUT2D eigenvalue weighted by molar-refractivity contribution is -0.133. The summed E-state index contributed by atoms with van der Waals surface area (Å²) in [5.41, 5.74) is 6.70. The van der Waals surface area contributed by atoms with Gasteiger partial charge in [-0.05, 0) is 37.5 Å². The Hall–Kier alpha value is -1.46. The molecule has 1 aromatic carbocycles. The van der Waals surface area contributed by atoms with Crippen LogP contribution < -0.4 is 5.73 Å². The van der Waals surface area contributed by atoms with Crippen molar-refractivity contribution in [3.63, 3.8) is 0 Å². The van der Waals surface area contributed by atoms with E-state index in [1.807, 2.05) is 13.0 Å². The van der Waals surface area contributed by atoms with Crippen LogP contribution in [0.25, 0.3) is 0 Å². The van der Waals surface area contributed by atoms with E-state index in [2.05, 4.69) is 4.90 Å². The van der Waals surface area contributed by atoms with E-state index in [4.69, 9.17) is 5.73 Å². The van der Waals surface area contributed by atoms with Crippen LogP contribution >= 0.6 is 0 Å². The van der Waals surface area contributed by atoms with Crippen LogP contribution in [0.5, 0.6) is 0 Å². The first-order valence-corrected chi connectivity index (χ1v) is 7.58. The van der Waals surface area contributed by atoms with Gasteiger partial charge in [-0.2, -0.15) is 0 Å². The number of halogens is 1. The van der Waals surface area contributed by atoms with Crippen LogP contribution in [0, 0.1) is 5.82 Å². The van der Waals surface area contributed by atoms with Crippen LogP contribution in [0.1, 0.15) is 25.3 Å². The molecule has 0 bridgehead atoms. The van der Waals surface area contributed by atoms with Crippen molar-refractivity contribution in [3.05, 3.63) is 35.6 Å². The maximum Gasteiger partial charge on any atom is 0.237 e. The molecule has 0 radical (unpaired) electrons. The smallest absolute Gasteiger partial charge is 0.237 e. The number of nitrogens with two attached hydrogens (primary N) is 1. The molecule has 0 atom stereocenters. The standard InChI is InChI=1S/C16H24FN3O/c1-2-20(11-13-4-3-5-14(17)10-13)16(21)12-19-8-6-15(18)7-9-19/h3-5,10,15H,2,6-9,11-12,18H2,1H3. The zero-order chi connectivity index (χ0) is 15.2. The summed E-state index contributed by atoms with van der Waals surface area (Å²) in [5.74, 6) is -0.168. The molecule has 1 heterocycles. The molecule has 116 valence electrons. The van der Waals surface area contributed by atoms with E-state index < -0.39 is 0 Å². The lowest BCUT2D eigenvalue weighted by Crippen LogP contribution is -2.45. The molecule has 21 heavy (non-hydrogen) atoms. The minimum absolute atomic E-state index is 0.0947. The monoisotopic (exact) mass is 293 g/mol. The van der Waals surface area contributed by atoms with Crippen LogP contribution in [0.2, 0.25) is 0 Å². The molecule has 1 saturated heterocycles. The normalized spacial score (nSPS) is 16.9. The first-order chi connectivity index (χ1) is 10.1. The highest BCUT2D eigenvalue weighted by Gasteiger charge is 2.20. The maximum absolute atomic E-state index is 13.2. The summed E-state index contributed by atoms with van der Waals surface area (Å²) in [5, 5.41) is 0. The molecule has 0 aliphatic carbocycles. The van der Waals surface area contributed by atoms with Crippen molar-refractivity contribution in [2.75, 3.05) is 26.2 Å². The second-order valence-electron chi connectivity index (χ2n) is 5.65. The number of amides is 1. The van der Waals surface area contributed by atoms with Gasteiger partial charge in [-0.15, -0.1) is 0 Å². The summed E-state index contributed by atoms with van der Waals surface area (Å²) in [7, 11) is 0. The van der Waals surface area contributed by atoms with Gasteiger partial charge in [0.05, 0.1) is 6.54 Å². The van der Waals surface area contributed by atoms with E-state index in [0.29, 0.717) is 19.6 Å². The molecular weight excluding hydrogens is 269 g/mol. The van der Waals surface area contributed by atoms with E-state index in [9.17, 15) is 9.18 Å². The number of likely N-dealkylation sites (N-methyl/N-ethyl adjacent to an activating group) is 1. The number of likely N-dealkylation sites (tertiary alicyclic amines) is 1. The van der Waals surface area contributed by atoms with E-state index in [0.717, 1.165) is 31.5 Å². The van der Waals surface area contributed by atoms with Gasteiger partial charge in [-0.25, -0.2) is 4.39 Å². The van der Waals surface area contributed by atoms with E-state index in [-0.39, 0.29) is 17.8 Å². The maximum atomic E-state index is 13.2. The zero-order valence-corrected chi connectivity index (χ0v) is 12.6. The van der Waals surface area contributed by atoms with Crippen molar-refractivity contribution in [2.24, 2.45) is 5.73 Å². The van der Waals surface area contributed by atoms with Crippen LogP contribution in [0.4, 0.5) is 4.39 Å². The Labute approximate surface area is 125 Å². The fraction of sp³-hybridized carbons (Fsp3) is 0.562. The van der Waals surface area contributed by atoms with Crippen LogP contribution in [-0.4, -0.2) is 47.9 Å². The van der Waals surface area contributed by atoms with Crippen molar-refractivity contribution in [3.8, 4) is 0 Å². The number of benzene rings is 1. The molecule has 1 aliphatic rings. The molecular formula is C16H24FN3O. The molecule has 1 amide bonds. The highest BCUT2D eigenvalue weighted by Crippen LogP contribution is 2.11. The quantitative estimate of drug-likeness (QED) is 0.897. The van der Waals surface area contributed by atoms with Gasteiger partial charge >= 0.3 is 0 Å². The summed E-state index contributed by atoms with van der Waals surface area (Å²) >= 11 is 0. The number of piperidine rings is 1. The van der Waals surface area contributed by atoms with Gasteiger partial charge in [0.25, 0.3) is 0 Å². The zero-order valence-electron chi connectivity index (χ0n) is 12.6. The molecule has 1 aliphatic heterocycles. The third-order valence-electron chi connectivity index (χ3n) is 3.99. The minimum atomic E-state index is -0.263. The molecule has 2 N–H and O–H groups in total. The molecule has 4 nitrogen and oxygen atoms in total. The average Bonchev–Trinajstić information content (AvgIpc) is 2.47. The third kappa shape index (κ3) is 4.79. The predicted octanol–water partition coefficient (Wildman–Crippen LogP) is 1.60. The van der Waals surface area contributed by atoms with Crippen LogP contribution in [0.3, 0.4) is 0 Å². The Morgan fingerprint density at radius 2 is 2.14 bits per heavy atom. The first-order valence-electron chi connectivity index (χ1n) is 7.58. The summed E-state index contributed by atoms with van der Waals surface area (Å²) in [6, 6.07) is 6.69. The number of hydrogen-bond acceptors (Lipinski definition) is 3. The fourth-order valence-electron chi connectivity index (χ4n) is 2.63. The van der Waals surface area contributed by atoms with Gasteiger partial charge in [0.2, 0.25) is 5.91 Å². The summed E-state index contributed by atoms with van der Waals surface area (Å²) < 4.78 is 13.2. The van der Waals surface area contributed by atoms with Crippen molar-refractivity contribution in [2.45, 2.75) is 32.4 Å². The Balaban J connectivity index is 1.89. The Kier molecular flexibility index (Phi) is 5.70. The van der Waals surface area contributed by atoms with E-state index >= 15 is 0 Å². The molecule has 0 spiro atoms. The van der Waals surface area contributed by atoms with Gasteiger partial charge < -0.3 is 10.6 Å². The van der Waals surface area contributed by atoms with E-state index in [1.165, 1.54) is 12.1 Å². The minimum Gasteiger partial charge on any atom is -0.338 e. The SMILES string of the molecule is CCN(Cc1cccc(F)c1)C(=O)CN1CCC(N)CC1. The number of rotatable bonds is 5. The first kappa shape index (κ1) is 15.9. The average molecular weight is 293 g/mol. The second kappa shape index (κ2) is 7.52. The number of carbonyl (C=O) groups excluding carboxylic acids is 1. The van der Waals surface area contributed by atoms with Crippen molar-refractivity contribution in [1.82, 2.24) is 9.80 Å².